The summed E-state index contributed by atoms with van der Waals surface area (Å²) in [4.78, 5) is 9.19. The van der Waals surface area contributed by atoms with E-state index >= 15 is 0 Å². The van der Waals surface area contributed by atoms with Crippen molar-refractivity contribution < 1.29 is 4.39 Å². The first-order valence-corrected chi connectivity index (χ1v) is 8.35. The predicted octanol–water partition coefficient (Wildman–Crippen LogP) is 3.96. The molecule has 0 saturated carbocycles. The number of halogens is 1. The summed E-state index contributed by atoms with van der Waals surface area (Å²) < 4.78 is 13.3. The minimum Gasteiger partial charge on any atom is -0.369 e. The van der Waals surface area contributed by atoms with Crippen LogP contribution < -0.4 is 10.6 Å². The van der Waals surface area contributed by atoms with Gasteiger partial charge < -0.3 is 10.6 Å². The zero-order chi connectivity index (χ0) is 17.5. The summed E-state index contributed by atoms with van der Waals surface area (Å²) >= 11 is 0. The van der Waals surface area contributed by atoms with Crippen LogP contribution in [0.25, 0.3) is 23.1 Å². The molecule has 0 unspecified atom stereocenters. The molecule has 128 valence electrons. The lowest BCUT2D eigenvalue weighted by Gasteiger charge is -2.09. The van der Waals surface area contributed by atoms with Crippen LogP contribution in [0, 0.1) is 5.82 Å². The Bertz CT molecular complexity index is 876. The lowest BCUT2D eigenvalue weighted by atomic mass is 10.2. The third-order valence-electron chi connectivity index (χ3n) is 3.79. The first-order chi connectivity index (χ1) is 12.3. The van der Waals surface area contributed by atoms with Crippen LogP contribution in [0.4, 0.5) is 10.2 Å². The molecule has 1 aromatic heterocycles. The Hall–Kier alpha value is -2.79. The van der Waals surface area contributed by atoms with Gasteiger partial charge in [0.1, 0.15) is 11.6 Å². The van der Waals surface area contributed by atoms with Gasteiger partial charge in [0.2, 0.25) is 0 Å². The van der Waals surface area contributed by atoms with Gasteiger partial charge in [-0.2, -0.15) is 0 Å². The van der Waals surface area contributed by atoms with Crippen LogP contribution in [0.1, 0.15) is 17.8 Å². The number of aromatic nitrogens is 2. The van der Waals surface area contributed by atoms with Crippen molar-refractivity contribution in [1.29, 1.82) is 0 Å². The van der Waals surface area contributed by atoms with E-state index in [9.17, 15) is 4.39 Å². The van der Waals surface area contributed by atoms with Crippen molar-refractivity contribution in [1.82, 2.24) is 15.3 Å². The van der Waals surface area contributed by atoms with Gasteiger partial charge in [0.15, 0.2) is 5.82 Å². The Morgan fingerprint density at radius 3 is 2.72 bits per heavy atom. The standard InChI is InChI=1S/C20H21FN4/c1-22-12-5-13-23-20-17-8-2-3-9-18(17)24-19(25-20)11-10-15-6-4-7-16(21)14-15/h2-4,6-11,14,22H,5,12-13H2,1H3,(H,23,24,25)/b11-10+. The molecule has 5 heteroatoms. The van der Waals surface area contributed by atoms with Crippen molar-refractivity contribution in [2.24, 2.45) is 0 Å². The number of nitrogens with zero attached hydrogens (tertiary/aromatic N) is 2. The van der Waals surface area contributed by atoms with Gasteiger partial charge in [-0.3, -0.25) is 0 Å². The maximum Gasteiger partial charge on any atom is 0.154 e. The van der Waals surface area contributed by atoms with Gasteiger partial charge in [0.05, 0.1) is 5.52 Å². The predicted molar refractivity (Wildman–Crippen MR) is 102 cm³/mol. The number of rotatable bonds is 7. The van der Waals surface area contributed by atoms with Crippen LogP contribution in [0.15, 0.2) is 48.5 Å². The fourth-order valence-electron chi connectivity index (χ4n) is 2.56. The highest BCUT2D eigenvalue weighted by atomic mass is 19.1. The molecule has 25 heavy (non-hydrogen) atoms. The van der Waals surface area contributed by atoms with E-state index in [2.05, 4.69) is 20.6 Å². The second-order valence-electron chi connectivity index (χ2n) is 5.72. The van der Waals surface area contributed by atoms with E-state index < -0.39 is 0 Å². The fraction of sp³-hybridized carbons (Fsp3) is 0.200. The SMILES string of the molecule is CNCCCNc1nc(/C=C/c2cccc(F)c2)nc2ccccc12. The van der Waals surface area contributed by atoms with Crippen molar-refractivity contribution >= 4 is 28.9 Å². The molecule has 3 rings (SSSR count). The molecule has 0 bridgehead atoms. The molecular weight excluding hydrogens is 315 g/mol. The lowest BCUT2D eigenvalue weighted by Crippen LogP contribution is -2.13. The van der Waals surface area contributed by atoms with Crippen LogP contribution in [-0.2, 0) is 0 Å². The molecular formula is C20H21FN4. The molecule has 0 aliphatic heterocycles. The highest BCUT2D eigenvalue weighted by molar-refractivity contribution is 5.90. The van der Waals surface area contributed by atoms with Crippen LogP contribution in [0.5, 0.6) is 0 Å². The number of hydrogen-bond acceptors (Lipinski definition) is 4. The van der Waals surface area contributed by atoms with Gasteiger partial charge in [-0.25, -0.2) is 14.4 Å². The molecule has 0 saturated heterocycles. The Kier molecular flexibility index (Phi) is 5.69. The van der Waals surface area contributed by atoms with Crippen LogP contribution in [-0.4, -0.2) is 30.1 Å². The van der Waals surface area contributed by atoms with E-state index in [1.165, 1.54) is 12.1 Å². The molecule has 0 amide bonds. The molecule has 0 radical (unpaired) electrons. The third kappa shape index (κ3) is 4.61. The van der Waals surface area contributed by atoms with Crippen molar-refractivity contribution in [3.05, 3.63) is 65.7 Å². The van der Waals surface area contributed by atoms with E-state index in [0.29, 0.717) is 5.82 Å². The number of nitrogens with one attached hydrogen (secondary N) is 2. The summed E-state index contributed by atoms with van der Waals surface area (Å²) in [6, 6.07) is 14.4. The molecule has 2 aromatic carbocycles. The van der Waals surface area contributed by atoms with E-state index in [1.807, 2.05) is 43.5 Å². The van der Waals surface area contributed by atoms with E-state index in [1.54, 1.807) is 12.1 Å². The molecule has 0 aliphatic carbocycles. The second kappa shape index (κ2) is 8.35. The second-order valence-corrected chi connectivity index (χ2v) is 5.72. The van der Waals surface area contributed by atoms with Crippen LogP contribution in [0.3, 0.4) is 0 Å². The Balaban J connectivity index is 1.87. The zero-order valence-corrected chi connectivity index (χ0v) is 14.2. The van der Waals surface area contributed by atoms with Crippen LogP contribution in [0.2, 0.25) is 0 Å². The average Bonchev–Trinajstić information content (AvgIpc) is 2.63. The van der Waals surface area contributed by atoms with E-state index in [-0.39, 0.29) is 5.82 Å². The topological polar surface area (TPSA) is 49.8 Å². The Labute approximate surface area is 146 Å². The van der Waals surface area contributed by atoms with Crippen molar-refractivity contribution in [2.75, 3.05) is 25.5 Å². The van der Waals surface area contributed by atoms with Crippen molar-refractivity contribution in [2.45, 2.75) is 6.42 Å². The van der Waals surface area contributed by atoms with Gasteiger partial charge in [0, 0.05) is 11.9 Å². The maximum absolute atomic E-state index is 13.3. The maximum atomic E-state index is 13.3. The van der Waals surface area contributed by atoms with Gasteiger partial charge in [0.25, 0.3) is 0 Å². The summed E-state index contributed by atoms with van der Waals surface area (Å²) in [5, 5.41) is 7.51. The highest BCUT2D eigenvalue weighted by Gasteiger charge is 2.05. The normalized spacial score (nSPS) is 11.3. The van der Waals surface area contributed by atoms with Gasteiger partial charge >= 0.3 is 0 Å². The molecule has 0 spiro atoms. The monoisotopic (exact) mass is 336 g/mol. The van der Waals surface area contributed by atoms with Gasteiger partial charge in [-0.15, -0.1) is 0 Å². The number of para-hydroxylation sites is 1. The minimum absolute atomic E-state index is 0.256. The smallest absolute Gasteiger partial charge is 0.154 e. The van der Waals surface area contributed by atoms with Crippen molar-refractivity contribution in [3.63, 3.8) is 0 Å². The summed E-state index contributed by atoms with van der Waals surface area (Å²) in [7, 11) is 1.94. The molecule has 0 atom stereocenters. The van der Waals surface area contributed by atoms with Crippen molar-refractivity contribution in [3.8, 4) is 0 Å². The molecule has 0 fully saturated rings. The molecule has 4 nitrogen and oxygen atoms in total. The Morgan fingerprint density at radius 1 is 1.00 bits per heavy atom. The van der Waals surface area contributed by atoms with E-state index in [4.69, 9.17) is 0 Å². The number of benzene rings is 2. The first kappa shape index (κ1) is 17.0. The minimum atomic E-state index is -0.256. The molecule has 3 aromatic rings. The summed E-state index contributed by atoms with van der Waals surface area (Å²) in [5.74, 6) is 1.16. The van der Waals surface area contributed by atoms with E-state index in [0.717, 1.165) is 41.8 Å². The summed E-state index contributed by atoms with van der Waals surface area (Å²) in [5.41, 5.74) is 1.66. The van der Waals surface area contributed by atoms with Gasteiger partial charge in [-0.05, 0) is 55.9 Å². The number of fused-ring (bicyclic) bond motifs is 1. The quantitative estimate of drug-likeness (QED) is 0.641. The summed E-state index contributed by atoms with van der Waals surface area (Å²) in [6.45, 7) is 1.78. The highest BCUT2D eigenvalue weighted by Crippen LogP contribution is 2.21. The third-order valence-corrected chi connectivity index (χ3v) is 3.79. The average molecular weight is 336 g/mol. The van der Waals surface area contributed by atoms with Crippen LogP contribution >= 0.6 is 0 Å². The molecule has 2 N–H and O–H groups in total. The Morgan fingerprint density at radius 2 is 1.88 bits per heavy atom. The fourth-order valence-corrected chi connectivity index (χ4v) is 2.56. The zero-order valence-electron chi connectivity index (χ0n) is 14.2. The summed E-state index contributed by atoms with van der Waals surface area (Å²) in [6.07, 6.45) is 4.63. The first-order valence-electron chi connectivity index (χ1n) is 8.35. The number of hydrogen-bond donors (Lipinski definition) is 2. The molecule has 0 aliphatic rings. The number of anilines is 1. The lowest BCUT2D eigenvalue weighted by molar-refractivity contribution is 0.627. The molecule has 1 heterocycles. The largest absolute Gasteiger partial charge is 0.369 e. The van der Waals surface area contributed by atoms with Gasteiger partial charge in [-0.1, -0.05) is 30.3 Å².